The van der Waals surface area contributed by atoms with Crippen molar-refractivity contribution in [2.75, 3.05) is 18.5 Å². The van der Waals surface area contributed by atoms with Crippen LogP contribution >= 0.6 is 22.6 Å². The van der Waals surface area contributed by atoms with E-state index in [4.69, 9.17) is 5.11 Å². The van der Waals surface area contributed by atoms with Crippen molar-refractivity contribution in [3.8, 4) is 0 Å². The summed E-state index contributed by atoms with van der Waals surface area (Å²) in [4.78, 5) is 0. The zero-order chi connectivity index (χ0) is 8.97. The molecule has 0 bridgehead atoms. The fourth-order valence-electron chi connectivity index (χ4n) is 1.04. The van der Waals surface area contributed by atoms with Crippen LogP contribution in [0.15, 0.2) is 18.2 Å². The third-order valence-corrected chi connectivity index (χ3v) is 2.11. The minimum absolute atomic E-state index is 0.171. The first-order valence-corrected chi connectivity index (χ1v) is 4.92. The Kier molecular flexibility index (Phi) is 3.81. The molecule has 2 nitrogen and oxygen atoms in total. The lowest BCUT2D eigenvalue weighted by molar-refractivity contribution is 0.311. The molecule has 0 amide bonds. The van der Waals surface area contributed by atoms with Gasteiger partial charge in [0.05, 0.1) is 6.61 Å². The molecule has 2 N–H and O–H groups in total. The Morgan fingerprint density at radius 3 is 2.75 bits per heavy atom. The number of hydrogen-bond donors (Lipinski definition) is 2. The van der Waals surface area contributed by atoms with Gasteiger partial charge in [0.2, 0.25) is 0 Å². The zero-order valence-electron chi connectivity index (χ0n) is 6.97. The van der Waals surface area contributed by atoms with Gasteiger partial charge in [-0.2, -0.15) is 0 Å². The van der Waals surface area contributed by atoms with E-state index in [1.165, 1.54) is 9.13 Å². The van der Waals surface area contributed by atoms with Crippen LogP contribution in [0.2, 0.25) is 0 Å². The summed E-state index contributed by atoms with van der Waals surface area (Å²) in [5.41, 5.74) is 2.32. The number of hydrogen-bond acceptors (Lipinski definition) is 2. The molecule has 1 aromatic carbocycles. The topological polar surface area (TPSA) is 32.3 Å². The maximum Gasteiger partial charge on any atom is 0.0604 e. The van der Waals surface area contributed by atoms with Crippen LogP contribution in [0.5, 0.6) is 0 Å². The molecule has 12 heavy (non-hydrogen) atoms. The lowest BCUT2D eigenvalue weighted by atomic mass is 10.2. The van der Waals surface area contributed by atoms with E-state index in [1.54, 1.807) is 0 Å². The molecular weight excluding hydrogens is 265 g/mol. The highest BCUT2D eigenvalue weighted by molar-refractivity contribution is 14.1. The molecule has 0 aliphatic carbocycles. The predicted octanol–water partition coefficient (Wildman–Crippen LogP) is 2.00. The molecule has 0 heterocycles. The van der Waals surface area contributed by atoms with Gasteiger partial charge in [-0.3, -0.25) is 0 Å². The van der Waals surface area contributed by atoms with Crippen LogP contribution in [0.4, 0.5) is 5.69 Å². The van der Waals surface area contributed by atoms with Gasteiger partial charge >= 0.3 is 0 Å². The zero-order valence-corrected chi connectivity index (χ0v) is 9.13. The Hall–Kier alpha value is -0.290. The fourth-order valence-corrected chi connectivity index (χ4v) is 1.87. The molecule has 0 saturated carbocycles. The van der Waals surface area contributed by atoms with Crippen molar-refractivity contribution in [3.63, 3.8) is 0 Å². The van der Waals surface area contributed by atoms with E-state index >= 15 is 0 Å². The second kappa shape index (κ2) is 4.67. The Balaban J connectivity index is 2.72. The predicted molar refractivity (Wildman–Crippen MR) is 59.5 cm³/mol. The Morgan fingerprint density at radius 1 is 1.42 bits per heavy atom. The molecule has 0 saturated heterocycles. The third-order valence-electron chi connectivity index (χ3n) is 1.48. The van der Waals surface area contributed by atoms with Gasteiger partial charge in [0, 0.05) is 15.8 Å². The summed E-state index contributed by atoms with van der Waals surface area (Å²) in [7, 11) is 0. The van der Waals surface area contributed by atoms with E-state index in [-0.39, 0.29) is 6.61 Å². The van der Waals surface area contributed by atoms with E-state index in [0.29, 0.717) is 6.54 Å². The Labute approximate surface area is 86.1 Å². The highest BCUT2D eigenvalue weighted by Crippen LogP contribution is 2.15. The van der Waals surface area contributed by atoms with Crippen LogP contribution in [0.25, 0.3) is 0 Å². The van der Waals surface area contributed by atoms with Gasteiger partial charge in [-0.25, -0.2) is 0 Å². The van der Waals surface area contributed by atoms with Crippen molar-refractivity contribution < 1.29 is 5.11 Å². The van der Waals surface area contributed by atoms with Crippen molar-refractivity contribution in [1.29, 1.82) is 0 Å². The molecule has 66 valence electrons. The van der Waals surface area contributed by atoms with Gasteiger partial charge < -0.3 is 10.4 Å². The van der Waals surface area contributed by atoms with E-state index in [2.05, 4.69) is 53.0 Å². The van der Waals surface area contributed by atoms with Crippen LogP contribution in [0.3, 0.4) is 0 Å². The molecule has 0 unspecified atom stereocenters. The maximum atomic E-state index is 8.60. The minimum atomic E-state index is 0.171. The number of aliphatic hydroxyl groups is 1. The quantitative estimate of drug-likeness (QED) is 0.828. The van der Waals surface area contributed by atoms with Crippen molar-refractivity contribution >= 4 is 28.3 Å². The second-order valence-corrected chi connectivity index (χ2v) is 3.91. The van der Waals surface area contributed by atoms with E-state index in [1.807, 2.05) is 0 Å². The summed E-state index contributed by atoms with van der Waals surface area (Å²) in [5.74, 6) is 0. The summed E-state index contributed by atoms with van der Waals surface area (Å²) in [6.07, 6.45) is 0. The molecule has 0 radical (unpaired) electrons. The summed E-state index contributed by atoms with van der Waals surface area (Å²) in [6.45, 7) is 2.84. The molecule has 0 aliphatic heterocycles. The van der Waals surface area contributed by atoms with Gasteiger partial charge in [-0.15, -0.1) is 0 Å². The van der Waals surface area contributed by atoms with Crippen LogP contribution in [0.1, 0.15) is 5.56 Å². The summed E-state index contributed by atoms with van der Waals surface area (Å²) < 4.78 is 1.22. The maximum absolute atomic E-state index is 8.60. The first-order valence-electron chi connectivity index (χ1n) is 3.84. The normalized spacial score (nSPS) is 9.92. The molecule has 0 fully saturated rings. The van der Waals surface area contributed by atoms with Gasteiger partial charge in [-0.1, -0.05) is 0 Å². The highest BCUT2D eigenvalue weighted by Gasteiger charge is 1.94. The van der Waals surface area contributed by atoms with E-state index in [0.717, 1.165) is 5.69 Å². The first-order chi connectivity index (χ1) is 5.72. The lowest BCUT2D eigenvalue weighted by Gasteiger charge is -2.05. The number of anilines is 1. The smallest absolute Gasteiger partial charge is 0.0604 e. The summed E-state index contributed by atoms with van der Waals surface area (Å²) in [5, 5.41) is 11.7. The summed E-state index contributed by atoms with van der Waals surface area (Å²) in [6, 6.07) is 6.24. The van der Waals surface area contributed by atoms with Crippen LogP contribution in [-0.2, 0) is 0 Å². The molecule has 0 spiro atoms. The SMILES string of the molecule is Cc1cc(I)cc(NCCO)c1. The molecule has 0 aliphatic rings. The molecule has 1 aromatic rings. The number of rotatable bonds is 3. The van der Waals surface area contributed by atoms with Gasteiger partial charge in [0.15, 0.2) is 0 Å². The number of aryl methyl sites for hydroxylation is 1. The summed E-state index contributed by atoms with van der Waals surface area (Å²) >= 11 is 2.28. The van der Waals surface area contributed by atoms with Crippen LogP contribution in [-0.4, -0.2) is 18.3 Å². The van der Waals surface area contributed by atoms with Gasteiger partial charge in [-0.05, 0) is 53.3 Å². The second-order valence-electron chi connectivity index (χ2n) is 2.67. The van der Waals surface area contributed by atoms with Crippen LogP contribution in [0, 0.1) is 10.5 Å². The van der Waals surface area contributed by atoms with Crippen molar-refractivity contribution in [2.45, 2.75) is 6.92 Å². The van der Waals surface area contributed by atoms with Crippen molar-refractivity contribution in [2.24, 2.45) is 0 Å². The number of halogens is 1. The van der Waals surface area contributed by atoms with Crippen molar-refractivity contribution in [3.05, 3.63) is 27.3 Å². The van der Waals surface area contributed by atoms with Gasteiger partial charge in [0.1, 0.15) is 0 Å². The molecule has 0 aromatic heterocycles. The molecule has 1 rings (SSSR count). The number of nitrogens with one attached hydrogen (secondary N) is 1. The largest absolute Gasteiger partial charge is 0.395 e. The number of aliphatic hydroxyl groups excluding tert-OH is 1. The molecule has 3 heteroatoms. The average molecular weight is 277 g/mol. The highest BCUT2D eigenvalue weighted by atomic mass is 127. The third kappa shape index (κ3) is 2.98. The first kappa shape index (κ1) is 9.80. The molecular formula is C9H12INO. The van der Waals surface area contributed by atoms with Crippen molar-refractivity contribution in [1.82, 2.24) is 0 Å². The Morgan fingerprint density at radius 2 is 2.17 bits per heavy atom. The fraction of sp³-hybridized carbons (Fsp3) is 0.333. The number of benzene rings is 1. The van der Waals surface area contributed by atoms with E-state index in [9.17, 15) is 0 Å². The van der Waals surface area contributed by atoms with Gasteiger partial charge in [0.25, 0.3) is 0 Å². The van der Waals surface area contributed by atoms with E-state index < -0.39 is 0 Å². The van der Waals surface area contributed by atoms with Crippen LogP contribution < -0.4 is 5.32 Å². The standard InChI is InChI=1S/C9H12INO/c1-7-4-8(10)6-9(5-7)11-2-3-12/h4-6,11-12H,2-3H2,1H3. The molecule has 0 atom stereocenters. The Bertz CT molecular complexity index is 242. The lowest BCUT2D eigenvalue weighted by Crippen LogP contribution is -2.05. The minimum Gasteiger partial charge on any atom is -0.395 e. The monoisotopic (exact) mass is 277 g/mol. The average Bonchev–Trinajstić information content (AvgIpc) is 1.99.